The minimum atomic E-state index is 0.0723. The van der Waals surface area contributed by atoms with Crippen molar-refractivity contribution in [2.75, 3.05) is 13.2 Å². The van der Waals surface area contributed by atoms with Gasteiger partial charge in [-0.3, -0.25) is 4.79 Å². The second-order valence-electron chi connectivity index (χ2n) is 3.87. The van der Waals surface area contributed by atoms with Crippen LogP contribution in [0.25, 0.3) is 0 Å². The Labute approximate surface area is 77.7 Å². The molecule has 1 aliphatic carbocycles. The Morgan fingerprint density at radius 3 is 2.62 bits per heavy atom. The molecular formula is C10H14O3. The Hall–Kier alpha value is -0.990. The van der Waals surface area contributed by atoms with Crippen molar-refractivity contribution in [2.45, 2.75) is 20.3 Å². The highest BCUT2D eigenvalue weighted by molar-refractivity contribution is 5.98. The topological polar surface area (TPSA) is 35.5 Å². The molecule has 0 aromatic heterocycles. The Kier molecular flexibility index (Phi) is 2.02. The van der Waals surface area contributed by atoms with E-state index in [1.807, 2.05) is 0 Å². The van der Waals surface area contributed by atoms with Crippen LogP contribution in [-0.4, -0.2) is 19.0 Å². The predicted octanol–water partition coefficient (Wildman–Crippen LogP) is 1.49. The van der Waals surface area contributed by atoms with E-state index in [2.05, 4.69) is 13.8 Å². The standard InChI is InChI=1S/C10H14O3/c1-6(2)7-5-8-10(9(7)11)13-4-3-12-8/h6-7H,3-5H2,1-2H3/t7-/m1/s1. The monoisotopic (exact) mass is 182 g/mol. The Bertz CT molecular complexity index is 265. The zero-order valence-corrected chi connectivity index (χ0v) is 8.00. The molecule has 0 fully saturated rings. The molecule has 0 aromatic carbocycles. The Morgan fingerprint density at radius 1 is 1.31 bits per heavy atom. The van der Waals surface area contributed by atoms with Gasteiger partial charge in [0.2, 0.25) is 11.5 Å². The highest BCUT2D eigenvalue weighted by Crippen LogP contribution is 2.35. The summed E-state index contributed by atoms with van der Waals surface area (Å²) in [5, 5.41) is 0. The first kappa shape index (κ1) is 8.60. The summed E-state index contributed by atoms with van der Waals surface area (Å²) in [5.74, 6) is 1.83. The van der Waals surface area contributed by atoms with Gasteiger partial charge in [0.25, 0.3) is 0 Å². The molecule has 1 aliphatic heterocycles. The molecular weight excluding hydrogens is 168 g/mol. The fourth-order valence-electron chi connectivity index (χ4n) is 1.81. The van der Waals surface area contributed by atoms with Crippen molar-refractivity contribution in [3.8, 4) is 0 Å². The lowest BCUT2D eigenvalue weighted by Gasteiger charge is -2.15. The number of carbonyl (C=O) groups is 1. The summed E-state index contributed by atoms with van der Waals surface area (Å²) in [4.78, 5) is 11.7. The molecule has 0 amide bonds. The Balaban J connectivity index is 2.19. The highest BCUT2D eigenvalue weighted by Gasteiger charge is 2.38. The lowest BCUT2D eigenvalue weighted by Crippen LogP contribution is -2.18. The van der Waals surface area contributed by atoms with Crippen molar-refractivity contribution in [2.24, 2.45) is 11.8 Å². The number of rotatable bonds is 1. The van der Waals surface area contributed by atoms with Crippen LogP contribution in [0, 0.1) is 11.8 Å². The van der Waals surface area contributed by atoms with Gasteiger partial charge in [-0.2, -0.15) is 0 Å². The molecule has 0 aromatic rings. The third kappa shape index (κ3) is 1.32. The van der Waals surface area contributed by atoms with Gasteiger partial charge in [0.15, 0.2) is 0 Å². The third-order valence-corrected chi connectivity index (χ3v) is 2.63. The smallest absolute Gasteiger partial charge is 0.204 e. The zero-order valence-electron chi connectivity index (χ0n) is 8.00. The molecule has 2 rings (SSSR count). The van der Waals surface area contributed by atoms with Gasteiger partial charge in [-0.1, -0.05) is 13.8 Å². The molecule has 2 aliphatic rings. The van der Waals surface area contributed by atoms with Crippen LogP contribution in [0.15, 0.2) is 11.5 Å². The van der Waals surface area contributed by atoms with Crippen molar-refractivity contribution in [3.05, 3.63) is 11.5 Å². The first-order valence-corrected chi connectivity index (χ1v) is 4.73. The van der Waals surface area contributed by atoms with E-state index >= 15 is 0 Å². The van der Waals surface area contributed by atoms with Gasteiger partial charge in [-0.15, -0.1) is 0 Å². The van der Waals surface area contributed by atoms with Crippen LogP contribution in [-0.2, 0) is 14.3 Å². The molecule has 0 unspecified atom stereocenters. The summed E-state index contributed by atoms with van der Waals surface area (Å²) in [5.41, 5.74) is 0. The SMILES string of the molecule is CC(C)[C@H]1CC2=C(OCCO2)C1=O. The number of allylic oxidation sites excluding steroid dienone is 2. The molecule has 0 saturated heterocycles. The Morgan fingerprint density at radius 2 is 2.00 bits per heavy atom. The van der Waals surface area contributed by atoms with Crippen LogP contribution in [0.2, 0.25) is 0 Å². The number of carbonyl (C=O) groups excluding carboxylic acids is 1. The second kappa shape index (κ2) is 3.05. The molecule has 0 saturated carbocycles. The fraction of sp³-hybridized carbons (Fsp3) is 0.700. The second-order valence-corrected chi connectivity index (χ2v) is 3.87. The zero-order chi connectivity index (χ0) is 9.42. The molecule has 3 nitrogen and oxygen atoms in total. The molecule has 0 radical (unpaired) electrons. The predicted molar refractivity (Wildman–Crippen MR) is 46.9 cm³/mol. The van der Waals surface area contributed by atoms with Crippen LogP contribution in [0.1, 0.15) is 20.3 Å². The number of Topliss-reactive ketones (excluding diaryl/α,β-unsaturated/α-hetero) is 1. The number of hydrogen-bond acceptors (Lipinski definition) is 3. The summed E-state index contributed by atoms with van der Waals surface area (Å²) in [7, 11) is 0. The average Bonchev–Trinajstić information content (AvgIpc) is 2.45. The summed E-state index contributed by atoms with van der Waals surface area (Å²) in [6, 6.07) is 0. The van der Waals surface area contributed by atoms with E-state index in [-0.39, 0.29) is 11.7 Å². The summed E-state index contributed by atoms with van der Waals surface area (Å²) in [6.45, 7) is 5.20. The van der Waals surface area contributed by atoms with Gasteiger partial charge in [0, 0.05) is 12.3 Å². The van der Waals surface area contributed by atoms with E-state index in [0.717, 1.165) is 12.2 Å². The maximum absolute atomic E-state index is 11.7. The molecule has 3 heteroatoms. The van der Waals surface area contributed by atoms with Gasteiger partial charge >= 0.3 is 0 Å². The maximum atomic E-state index is 11.7. The first-order chi connectivity index (χ1) is 6.20. The van der Waals surface area contributed by atoms with E-state index in [4.69, 9.17) is 9.47 Å². The summed E-state index contributed by atoms with van der Waals surface area (Å²) >= 11 is 0. The number of ether oxygens (including phenoxy) is 2. The minimum absolute atomic E-state index is 0.0723. The van der Waals surface area contributed by atoms with Crippen molar-refractivity contribution in [1.82, 2.24) is 0 Å². The molecule has 0 N–H and O–H groups in total. The van der Waals surface area contributed by atoms with Gasteiger partial charge in [-0.25, -0.2) is 0 Å². The minimum Gasteiger partial charge on any atom is -0.490 e. The van der Waals surface area contributed by atoms with Crippen LogP contribution in [0.4, 0.5) is 0 Å². The number of hydrogen-bond donors (Lipinski definition) is 0. The maximum Gasteiger partial charge on any atom is 0.204 e. The molecule has 13 heavy (non-hydrogen) atoms. The van der Waals surface area contributed by atoms with Crippen molar-refractivity contribution < 1.29 is 14.3 Å². The largest absolute Gasteiger partial charge is 0.490 e. The van der Waals surface area contributed by atoms with Gasteiger partial charge in [0.1, 0.15) is 19.0 Å². The van der Waals surface area contributed by atoms with Crippen LogP contribution in [0.5, 0.6) is 0 Å². The van der Waals surface area contributed by atoms with Crippen LogP contribution in [0.3, 0.4) is 0 Å². The quantitative estimate of drug-likeness (QED) is 0.616. The lowest BCUT2D eigenvalue weighted by atomic mass is 9.92. The van der Waals surface area contributed by atoms with Gasteiger partial charge < -0.3 is 9.47 Å². The van der Waals surface area contributed by atoms with Crippen LogP contribution >= 0.6 is 0 Å². The molecule has 1 atom stereocenters. The highest BCUT2D eigenvalue weighted by atomic mass is 16.6. The van der Waals surface area contributed by atoms with E-state index in [1.165, 1.54) is 0 Å². The van der Waals surface area contributed by atoms with E-state index < -0.39 is 0 Å². The summed E-state index contributed by atoms with van der Waals surface area (Å²) < 4.78 is 10.7. The van der Waals surface area contributed by atoms with E-state index in [1.54, 1.807) is 0 Å². The molecule has 1 heterocycles. The average molecular weight is 182 g/mol. The number of ketones is 1. The van der Waals surface area contributed by atoms with Crippen molar-refractivity contribution in [3.63, 3.8) is 0 Å². The van der Waals surface area contributed by atoms with E-state index in [9.17, 15) is 4.79 Å². The van der Waals surface area contributed by atoms with Gasteiger partial charge in [0.05, 0.1) is 0 Å². The molecule has 0 bridgehead atoms. The van der Waals surface area contributed by atoms with Gasteiger partial charge in [-0.05, 0) is 5.92 Å². The lowest BCUT2D eigenvalue weighted by molar-refractivity contribution is -0.123. The third-order valence-electron chi connectivity index (χ3n) is 2.63. The fourth-order valence-corrected chi connectivity index (χ4v) is 1.81. The molecule has 72 valence electrons. The van der Waals surface area contributed by atoms with E-state index in [0.29, 0.717) is 24.9 Å². The first-order valence-electron chi connectivity index (χ1n) is 4.73. The van der Waals surface area contributed by atoms with Crippen LogP contribution < -0.4 is 0 Å². The molecule has 0 spiro atoms. The van der Waals surface area contributed by atoms with Crippen molar-refractivity contribution >= 4 is 5.78 Å². The van der Waals surface area contributed by atoms with Crippen molar-refractivity contribution in [1.29, 1.82) is 0 Å². The summed E-state index contributed by atoms with van der Waals surface area (Å²) in [6.07, 6.45) is 0.728. The normalized spacial score (nSPS) is 27.3.